The summed E-state index contributed by atoms with van der Waals surface area (Å²) in [5.41, 5.74) is 2.51. The van der Waals surface area contributed by atoms with Crippen LogP contribution in [0.25, 0.3) is 0 Å². The van der Waals surface area contributed by atoms with Gasteiger partial charge in [-0.15, -0.1) is 11.8 Å². The zero-order valence-corrected chi connectivity index (χ0v) is 13.8. The highest BCUT2D eigenvalue weighted by Gasteiger charge is 2.15. The summed E-state index contributed by atoms with van der Waals surface area (Å²) in [6, 6.07) is 12.8. The van der Waals surface area contributed by atoms with E-state index in [0.29, 0.717) is 29.3 Å². The monoisotopic (exact) mass is 346 g/mol. The first-order chi connectivity index (χ1) is 11.1. The van der Waals surface area contributed by atoms with Gasteiger partial charge in [0.15, 0.2) is 0 Å². The smallest absolute Gasteiger partial charge is 0.251 e. The van der Waals surface area contributed by atoms with Crippen LogP contribution in [0.3, 0.4) is 0 Å². The van der Waals surface area contributed by atoms with E-state index in [-0.39, 0.29) is 11.8 Å². The average Bonchev–Trinajstić information content (AvgIpc) is 2.55. The quantitative estimate of drug-likeness (QED) is 0.892. The molecule has 0 saturated heterocycles. The summed E-state index contributed by atoms with van der Waals surface area (Å²) in [5, 5.41) is 6.36. The lowest BCUT2D eigenvalue weighted by Crippen LogP contribution is -2.25. The maximum absolute atomic E-state index is 12.0. The Balaban J connectivity index is 1.56. The van der Waals surface area contributed by atoms with Crippen LogP contribution in [-0.4, -0.2) is 24.1 Å². The number of amides is 2. The largest absolute Gasteiger partial charge is 0.352 e. The molecule has 0 unspecified atom stereocenters. The molecule has 1 aliphatic heterocycles. The van der Waals surface area contributed by atoms with Gasteiger partial charge in [-0.25, -0.2) is 0 Å². The maximum atomic E-state index is 12.0. The summed E-state index contributed by atoms with van der Waals surface area (Å²) in [6.07, 6.45) is 0.702. The van der Waals surface area contributed by atoms with Gasteiger partial charge in [0.2, 0.25) is 5.91 Å². The minimum atomic E-state index is -0.122. The Labute approximate surface area is 143 Å². The normalized spacial score (nSPS) is 13.2. The van der Waals surface area contributed by atoms with Crippen molar-refractivity contribution >= 4 is 40.9 Å². The topological polar surface area (TPSA) is 58.2 Å². The van der Waals surface area contributed by atoms with Gasteiger partial charge in [0, 0.05) is 22.0 Å². The van der Waals surface area contributed by atoms with Crippen molar-refractivity contribution in [2.75, 3.05) is 17.6 Å². The van der Waals surface area contributed by atoms with Gasteiger partial charge in [0.25, 0.3) is 5.91 Å². The molecule has 2 N–H and O–H groups in total. The summed E-state index contributed by atoms with van der Waals surface area (Å²) in [6.45, 7) is 0.529. The number of nitrogens with one attached hydrogen (secondary N) is 2. The van der Waals surface area contributed by atoms with E-state index in [1.165, 1.54) is 0 Å². The predicted octanol–water partition coefficient (Wildman–Crippen LogP) is 3.36. The number of carbonyl (C=O) groups excluding carboxylic acids is 2. The molecular weight excluding hydrogens is 332 g/mol. The zero-order chi connectivity index (χ0) is 16.2. The Morgan fingerprint density at radius 2 is 2.00 bits per heavy atom. The van der Waals surface area contributed by atoms with E-state index in [4.69, 9.17) is 11.6 Å². The molecule has 3 rings (SSSR count). The molecule has 0 spiro atoms. The zero-order valence-electron chi connectivity index (χ0n) is 12.3. The van der Waals surface area contributed by atoms with Crippen molar-refractivity contribution in [3.05, 3.63) is 58.6 Å². The molecule has 6 heteroatoms. The van der Waals surface area contributed by atoms with Gasteiger partial charge in [-0.2, -0.15) is 0 Å². The van der Waals surface area contributed by atoms with Crippen LogP contribution in [0, 0.1) is 0 Å². The third-order valence-corrected chi connectivity index (χ3v) is 4.81. The lowest BCUT2D eigenvalue weighted by atomic mass is 10.1. The third kappa shape index (κ3) is 4.06. The summed E-state index contributed by atoms with van der Waals surface area (Å²) in [4.78, 5) is 24.5. The minimum Gasteiger partial charge on any atom is -0.352 e. The molecular formula is C17H15ClN2O2S. The maximum Gasteiger partial charge on any atom is 0.251 e. The van der Waals surface area contributed by atoms with E-state index >= 15 is 0 Å². The molecule has 4 nitrogen and oxygen atoms in total. The van der Waals surface area contributed by atoms with Crippen LogP contribution >= 0.6 is 23.4 Å². The summed E-state index contributed by atoms with van der Waals surface area (Å²) < 4.78 is 0. The summed E-state index contributed by atoms with van der Waals surface area (Å²) in [7, 11) is 0. The van der Waals surface area contributed by atoms with E-state index in [2.05, 4.69) is 10.6 Å². The molecule has 0 atom stereocenters. The summed E-state index contributed by atoms with van der Waals surface area (Å²) >= 11 is 7.35. The molecule has 0 aliphatic carbocycles. The highest BCUT2D eigenvalue weighted by Crippen LogP contribution is 2.31. The average molecular weight is 347 g/mol. The Morgan fingerprint density at radius 3 is 2.78 bits per heavy atom. The summed E-state index contributed by atoms with van der Waals surface area (Å²) in [5.74, 6) is 0.364. The molecule has 0 saturated carbocycles. The van der Waals surface area contributed by atoms with E-state index in [1.54, 1.807) is 36.0 Å². The number of fused-ring (bicyclic) bond motifs is 1. The third-order valence-electron chi connectivity index (χ3n) is 3.48. The second-order valence-electron chi connectivity index (χ2n) is 5.18. The van der Waals surface area contributed by atoms with E-state index in [0.717, 1.165) is 16.1 Å². The van der Waals surface area contributed by atoms with Crippen LogP contribution in [0.15, 0.2) is 47.4 Å². The van der Waals surface area contributed by atoms with Crippen molar-refractivity contribution in [3.63, 3.8) is 0 Å². The molecule has 118 valence electrons. The van der Waals surface area contributed by atoms with Crippen LogP contribution in [0.5, 0.6) is 0 Å². The van der Waals surface area contributed by atoms with Crippen molar-refractivity contribution < 1.29 is 9.59 Å². The number of thioether (sulfide) groups is 1. The van der Waals surface area contributed by atoms with Gasteiger partial charge < -0.3 is 10.6 Å². The van der Waals surface area contributed by atoms with Crippen molar-refractivity contribution in [1.82, 2.24) is 5.32 Å². The number of benzene rings is 2. The van der Waals surface area contributed by atoms with Gasteiger partial charge in [-0.05, 0) is 48.4 Å². The SMILES string of the molecule is O=C1CSc2ccc(CCNC(=O)c3ccc(Cl)cc3)cc2N1. The number of carbonyl (C=O) groups is 2. The van der Waals surface area contributed by atoms with Gasteiger partial charge in [-0.3, -0.25) is 9.59 Å². The molecule has 0 bridgehead atoms. The van der Waals surface area contributed by atoms with Crippen LogP contribution in [0.2, 0.25) is 5.02 Å². The molecule has 1 heterocycles. The standard InChI is InChI=1S/C17H15ClN2O2S/c18-13-4-2-12(3-5-13)17(22)19-8-7-11-1-6-15-14(9-11)20-16(21)10-23-15/h1-6,9H,7-8,10H2,(H,19,22)(H,20,21). The first-order valence-electron chi connectivity index (χ1n) is 7.21. The number of hydrogen-bond donors (Lipinski definition) is 2. The van der Waals surface area contributed by atoms with Crippen molar-refractivity contribution in [2.24, 2.45) is 0 Å². The molecule has 0 aromatic heterocycles. The molecule has 0 radical (unpaired) electrons. The van der Waals surface area contributed by atoms with Crippen LogP contribution in [-0.2, 0) is 11.2 Å². The van der Waals surface area contributed by atoms with E-state index in [1.807, 2.05) is 18.2 Å². The lowest BCUT2D eigenvalue weighted by Gasteiger charge is -2.17. The minimum absolute atomic E-state index is 0.0238. The number of hydrogen-bond acceptors (Lipinski definition) is 3. The Kier molecular flexibility index (Phi) is 4.88. The number of anilines is 1. The molecule has 2 aromatic carbocycles. The second-order valence-corrected chi connectivity index (χ2v) is 6.63. The second kappa shape index (κ2) is 7.06. The Hall–Kier alpha value is -1.98. The van der Waals surface area contributed by atoms with Gasteiger partial charge in [0.05, 0.1) is 11.4 Å². The number of rotatable bonds is 4. The molecule has 2 aromatic rings. The van der Waals surface area contributed by atoms with Gasteiger partial charge >= 0.3 is 0 Å². The predicted molar refractivity (Wildman–Crippen MR) is 93.3 cm³/mol. The fraction of sp³-hybridized carbons (Fsp3) is 0.176. The van der Waals surface area contributed by atoms with Crippen molar-refractivity contribution in [3.8, 4) is 0 Å². The van der Waals surface area contributed by atoms with Crippen molar-refractivity contribution in [1.29, 1.82) is 0 Å². The molecule has 2 amide bonds. The van der Waals surface area contributed by atoms with Crippen LogP contribution in [0.4, 0.5) is 5.69 Å². The van der Waals surface area contributed by atoms with Crippen LogP contribution in [0.1, 0.15) is 15.9 Å². The first-order valence-corrected chi connectivity index (χ1v) is 8.57. The number of halogens is 1. The highest BCUT2D eigenvalue weighted by molar-refractivity contribution is 8.00. The first kappa shape index (κ1) is 15.9. The van der Waals surface area contributed by atoms with Gasteiger partial charge in [0.1, 0.15) is 0 Å². The van der Waals surface area contributed by atoms with Crippen molar-refractivity contribution in [2.45, 2.75) is 11.3 Å². The fourth-order valence-electron chi connectivity index (χ4n) is 2.31. The van der Waals surface area contributed by atoms with Gasteiger partial charge in [-0.1, -0.05) is 17.7 Å². The molecule has 1 aliphatic rings. The fourth-order valence-corrected chi connectivity index (χ4v) is 3.22. The Morgan fingerprint density at radius 1 is 1.22 bits per heavy atom. The lowest BCUT2D eigenvalue weighted by molar-refractivity contribution is -0.113. The molecule has 23 heavy (non-hydrogen) atoms. The van der Waals surface area contributed by atoms with E-state index < -0.39 is 0 Å². The van der Waals surface area contributed by atoms with Crippen LogP contribution < -0.4 is 10.6 Å². The Bertz CT molecular complexity index is 747. The highest BCUT2D eigenvalue weighted by atomic mass is 35.5. The molecule has 0 fully saturated rings. The van der Waals surface area contributed by atoms with E-state index in [9.17, 15) is 9.59 Å².